The Kier molecular flexibility index (Phi) is 3.23. The monoisotopic (exact) mass is 271 g/mol. The quantitative estimate of drug-likeness (QED) is 0.860. The number of amides is 1. The molecule has 0 saturated carbocycles. The summed E-state index contributed by atoms with van der Waals surface area (Å²) >= 11 is 0. The van der Waals surface area contributed by atoms with Gasteiger partial charge in [0.1, 0.15) is 6.33 Å². The first-order valence-electron chi connectivity index (χ1n) is 6.62. The van der Waals surface area contributed by atoms with E-state index in [4.69, 9.17) is 5.73 Å². The van der Waals surface area contributed by atoms with E-state index in [1.54, 1.807) is 6.20 Å². The SMILES string of the molecule is CN1CCN(c2cc(C(N)=O)c3ncncc3c2)CC1. The fourth-order valence-corrected chi connectivity index (χ4v) is 2.52. The Hall–Kier alpha value is -2.21. The van der Waals surface area contributed by atoms with Crippen molar-refractivity contribution in [1.29, 1.82) is 0 Å². The summed E-state index contributed by atoms with van der Waals surface area (Å²) in [6, 6.07) is 3.86. The Balaban J connectivity index is 2.06. The number of hydrogen-bond acceptors (Lipinski definition) is 5. The number of likely N-dealkylation sites (N-methyl/N-ethyl adjacent to an activating group) is 1. The predicted molar refractivity (Wildman–Crippen MR) is 77.8 cm³/mol. The van der Waals surface area contributed by atoms with Gasteiger partial charge < -0.3 is 15.5 Å². The van der Waals surface area contributed by atoms with Crippen LogP contribution in [-0.2, 0) is 0 Å². The maximum Gasteiger partial charge on any atom is 0.250 e. The van der Waals surface area contributed by atoms with E-state index < -0.39 is 5.91 Å². The molecule has 1 aliphatic heterocycles. The molecule has 0 unspecified atom stereocenters. The van der Waals surface area contributed by atoms with Gasteiger partial charge in [0, 0.05) is 43.4 Å². The number of piperazine rings is 1. The van der Waals surface area contributed by atoms with E-state index in [-0.39, 0.29) is 0 Å². The van der Waals surface area contributed by atoms with Crippen LogP contribution in [0.15, 0.2) is 24.7 Å². The molecule has 20 heavy (non-hydrogen) atoms. The van der Waals surface area contributed by atoms with Gasteiger partial charge in [0.2, 0.25) is 0 Å². The minimum absolute atomic E-state index is 0.454. The van der Waals surface area contributed by atoms with Crippen LogP contribution in [0, 0.1) is 0 Å². The van der Waals surface area contributed by atoms with Gasteiger partial charge in [0.15, 0.2) is 0 Å². The molecule has 1 fully saturated rings. The molecule has 6 nitrogen and oxygen atoms in total. The smallest absolute Gasteiger partial charge is 0.250 e. The van der Waals surface area contributed by atoms with Crippen LogP contribution in [0.5, 0.6) is 0 Å². The maximum atomic E-state index is 11.6. The van der Waals surface area contributed by atoms with E-state index in [0.717, 1.165) is 37.3 Å². The second kappa shape index (κ2) is 5.05. The van der Waals surface area contributed by atoms with Crippen molar-refractivity contribution >= 4 is 22.5 Å². The zero-order valence-electron chi connectivity index (χ0n) is 11.4. The summed E-state index contributed by atoms with van der Waals surface area (Å²) in [6.45, 7) is 3.90. The molecule has 2 N–H and O–H groups in total. The number of fused-ring (bicyclic) bond motifs is 1. The van der Waals surface area contributed by atoms with Crippen molar-refractivity contribution in [2.45, 2.75) is 0 Å². The Morgan fingerprint density at radius 3 is 2.70 bits per heavy atom. The molecular weight excluding hydrogens is 254 g/mol. The van der Waals surface area contributed by atoms with E-state index in [1.807, 2.05) is 12.1 Å². The van der Waals surface area contributed by atoms with Gasteiger partial charge in [-0.05, 0) is 19.2 Å². The van der Waals surface area contributed by atoms with Gasteiger partial charge in [0.25, 0.3) is 5.91 Å². The van der Waals surface area contributed by atoms with Crippen molar-refractivity contribution in [2.75, 3.05) is 38.1 Å². The normalized spacial score (nSPS) is 16.6. The first-order chi connectivity index (χ1) is 9.65. The molecule has 0 spiro atoms. The number of rotatable bonds is 2. The largest absolute Gasteiger partial charge is 0.369 e. The molecule has 104 valence electrons. The van der Waals surface area contributed by atoms with Gasteiger partial charge in [0.05, 0.1) is 11.1 Å². The molecule has 2 aromatic rings. The number of carbonyl (C=O) groups is 1. The molecule has 0 atom stereocenters. The summed E-state index contributed by atoms with van der Waals surface area (Å²) in [4.78, 5) is 24.4. The number of hydrogen-bond donors (Lipinski definition) is 1. The molecule has 1 aromatic carbocycles. The average molecular weight is 271 g/mol. The first kappa shape index (κ1) is 12.8. The van der Waals surface area contributed by atoms with Gasteiger partial charge in [-0.1, -0.05) is 0 Å². The summed E-state index contributed by atoms with van der Waals surface area (Å²) in [5.41, 5.74) is 7.56. The lowest BCUT2D eigenvalue weighted by Crippen LogP contribution is -2.44. The van der Waals surface area contributed by atoms with Crippen LogP contribution in [0.4, 0.5) is 5.69 Å². The highest BCUT2D eigenvalue weighted by Gasteiger charge is 2.17. The number of nitrogens with two attached hydrogens (primary N) is 1. The highest BCUT2D eigenvalue weighted by molar-refractivity contribution is 6.06. The Morgan fingerprint density at radius 2 is 2.00 bits per heavy atom. The van der Waals surface area contributed by atoms with Crippen LogP contribution >= 0.6 is 0 Å². The molecule has 3 rings (SSSR count). The summed E-state index contributed by atoms with van der Waals surface area (Å²) in [5, 5.41) is 0.845. The van der Waals surface area contributed by atoms with Gasteiger partial charge in [-0.25, -0.2) is 9.97 Å². The van der Waals surface area contributed by atoms with E-state index in [1.165, 1.54) is 6.33 Å². The third-order valence-electron chi connectivity index (χ3n) is 3.73. The van der Waals surface area contributed by atoms with Crippen molar-refractivity contribution in [1.82, 2.24) is 14.9 Å². The number of primary amides is 1. The fraction of sp³-hybridized carbons (Fsp3) is 0.357. The van der Waals surface area contributed by atoms with E-state index in [9.17, 15) is 4.79 Å². The minimum Gasteiger partial charge on any atom is -0.369 e. The molecule has 0 bridgehead atoms. The molecular formula is C14H17N5O. The molecule has 1 aromatic heterocycles. The van der Waals surface area contributed by atoms with Crippen LogP contribution in [-0.4, -0.2) is 54.0 Å². The molecule has 1 aliphatic rings. The van der Waals surface area contributed by atoms with E-state index in [0.29, 0.717) is 11.1 Å². The number of benzene rings is 1. The zero-order chi connectivity index (χ0) is 14.1. The summed E-state index contributed by atoms with van der Waals surface area (Å²) in [7, 11) is 2.11. The van der Waals surface area contributed by atoms with Crippen LogP contribution in [0.1, 0.15) is 10.4 Å². The zero-order valence-corrected chi connectivity index (χ0v) is 11.4. The number of nitrogens with zero attached hydrogens (tertiary/aromatic N) is 4. The average Bonchev–Trinajstić information content (AvgIpc) is 2.46. The van der Waals surface area contributed by atoms with Crippen molar-refractivity contribution in [2.24, 2.45) is 5.73 Å². The molecule has 1 amide bonds. The summed E-state index contributed by atoms with van der Waals surface area (Å²) in [5.74, 6) is -0.454. The molecule has 0 aliphatic carbocycles. The number of anilines is 1. The fourth-order valence-electron chi connectivity index (χ4n) is 2.52. The van der Waals surface area contributed by atoms with Gasteiger partial charge in [-0.15, -0.1) is 0 Å². The Labute approximate surface area is 117 Å². The van der Waals surface area contributed by atoms with Crippen LogP contribution in [0.2, 0.25) is 0 Å². The maximum absolute atomic E-state index is 11.6. The van der Waals surface area contributed by atoms with Gasteiger partial charge in [-0.2, -0.15) is 0 Å². The molecule has 6 heteroatoms. The third-order valence-corrected chi connectivity index (χ3v) is 3.73. The van der Waals surface area contributed by atoms with Crippen LogP contribution in [0.25, 0.3) is 10.9 Å². The highest BCUT2D eigenvalue weighted by atomic mass is 16.1. The van der Waals surface area contributed by atoms with E-state index in [2.05, 4.69) is 26.8 Å². The lowest BCUT2D eigenvalue weighted by Gasteiger charge is -2.34. The summed E-state index contributed by atoms with van der Waals surface area (Å²) < 4.78 is 0. The Morgan fingerprint density at radius 1 is 1.25 bits per heavy atom. The molecule has 0 radical (unpaired) electrons. The van der Waals surface area contributed by atoms with Crippen LogP contribution < -0.4 is 10.6 Å². The second-order valence-corrected chi connectivity index (χ2v) is 5.11. The van der Waals surface area contributed by atoms with Crippen molar-refractivity contribution < 1.29 is 4.79 Å². The second-order valence-electron chi connectivity index (χ2n) is 5.11. The van der Waals surface area contributed by atoms with Gasteiger partial charge >= 0.3 is 0 Å². The third kappa shape index (κ3) is 2.30. The van der Waals surface area contributed by atoms with Crippen molar-refractivity contribution in [3.63, 3.8) is 0 Å². The predicted octanol–water partition coefficient (Wildman–Crippen LogP) is 0.480. The summed E-state index contributed by atoms with van der Waals surface area (Å²) in [6.07, 6.45) is 3.15. The molecule has 2 heterocycles. The lowest BCUT2D eigenvalue weighted by atomic mass is 10.1. The van der Waals surface area contributed by atoms with Crippen molar-refractivity contribution in [3.05, 3.63) is 30.2 Å². The lowest BCUT2D eigenvalue weighted by molar-refractivity contribution is 0.100. The molecule has 1 saturated heterocycles. The minimum atomic E-state index is -0.454. The Bertz CT molecular complexity index is 649. The topological polar surface area (TPSA) is 75.3 Å². The first-order valence-corrected chi connectivity index (χ1v) is 6.62. The van der Waals surface area contributed by atoms with Crippen LogP contribution in [0.3, 0.4) is 0 Å². The van der Waals surface area contributed by atoms with Gasteiger partial charge in [-0.3, -0.25) is 4.79 Å². The number of carbonyl (C=O) groups excluding carboxylic acids is 1. The van der Waals surface area contributed by atoms with Crippen molar-refractivity contribution in [3.8, 4) is 0 Å². The van der Waals surface area contributed by atoms with E-state index >= 15 is 0 Å². The standard InChI is InChI=1S/C14H17N5O/c1-18-2-4-19(5-3-18)11-6-10-8-16-9-17-13(10)12(7-11)14(15)20/h6-9H,2-5H2,1H3,(H2,15,20). The highest BCUT2D eigenvalue weighted by Crippen LogP contribution is 2.25. The number of aromatic nitrogens is 2.